The molecule has 20 heavy (non-hydrogen) atoms. The molecule has 0 radical (unpaired) electrons. The summed E-state index contributed by atoms with van der Waals surface area (Å²) in [4.78, 5) is 14.8. The Labute approximate surface area is 113 Å². The number of carbonyl (C=O) groups is 1. The van der Waals surface area contributed by atoms with Crippen molar-refractivity contribution >= 4 is 11.8 Å². The highest BCUT2D eigenvalue weighted by Gasteiger charge is 2.30. The average Bonchev–Trinajstić information content (AvgIpc) is 2.38. The molecule has 0 aliphatic carbocycles. The number of hydrogen-bond donors (Lipinski definition) is 0. The van der Waals surface area contributed by atoms with E-state index in [9.17, 15) is 18.0 Å². The van der Waals surface area contributed by atoms with Gasteiger partial charge in [-0.25, -0.2) is 4.79 Å². The van der Waals surface area contributed by atoms with Crippen LogP contribution in [0.15, 0.2) is 29.3 Å². The minimum atomic E-state index is -4.44. The summed E-state index contributed by atoms with van der Waals surface area (Å²) in [6.07, 6.45) is -5.52. The molecule has 0 aromatic heterocycles. The third-order valence-corrected chi connectivity index (χ3v) is 2.29. The first kappa shape index (κ1) is 15.7. The van der Waals surface area contributed by atoms with Crippen molar-refractivity contribution in [3.05, 3.63) is 35.4 Å². The van der Waals surface area contributed by atoms with Crippen LogP contribution in [0.25, 0.3) is 0 Å². The first-order valence-electron chi connectivity index (χ1n) is 5.67. The van der Waals surface area contributed by atoms with Gasteiger partial charge in [0.25, 0.3) is 0 Å². The molecule has 0 fully saturated rings. The fraction of sp³-hybridized carbons (Fsp3) is 0.308. The number of ether oxygens (including phenoxy) is 1. The van der Waals surface area contributed by atoms with Gasteiger partial charge in [-0.15, -0.1) is 0 Å². The summed E-state index contributed by atoms with van der Waals surface area (Å²) >= 11 is 0. The molecular formula is C13H11F3N2O2. The lowest BCUT2D eigenvalue weighted by molar-refractivity contribution is -0.137. The number of benzene rings is 1. The number of aliphatic imine (C=N–C) groups is 1. The highest BCUT2D eigenvalue weighted by atomic mass is 19.4. The molecular weight excluding hydrogens is 273 g/mol. The largest absolute Gasteiger partial charge is 0.448 e. The van der Waals surface area contributed by atoms with Crippen LogP contribution in [-0.4, -0.2) is 18.4 Å². The number of amides is 1. The standard InChI is InChI=1S/C13H11F3N2O2/c1-2-20-12(19)18-11(7-8-17)9-3-5-10(6-4-9)13(14,15)16/h3-6H,2,7H2,1H3. The van der Waals surface area contributed by atoms with Gasteiger partial charge in [0, 0.05) is 0 Å². The van der Waals surface area contributed by atoms with Crippen LogP contribution in [0, 0.1) is 11.3 Å². The van der Waals surface area contributed by atoms with Gasteiger partial charge in [-0.2, -0.15) is 23.4 Å². The molecule has 106 valence electrons. The molecule has 1 amide bonds. The van der Waals surface area contributed by atoms with Crippen LogP contribution >= 0.6 is 0 Å². The number of nitriles is 1. The molecule has 0 N–H and O–H groups in total. The summed E-state index contributed by atoms with van der Waals surface area (Å²) in [5, 5.41) is 8.66. The highest BCUT2D eigenvalue weighted by molar-refractivity contribution is 6.06. The Kier molecular flexibility index (Phi) is 5.26. The summed E-state index contributed by atoms with van der Waals surface area (Å²) in [6, 6.07) is 5.86. The van der Waals surface area contributed by atoms with E-state index < -0.39 is 17.8 Å². The van der Waals surface area contributed by atoms with Crippen molar-refractivity contribution in [3.63, 3.8) is 0 Å². The van der Waals surface area contributed by atoms with Crippen molar-refractivity contribution in [3.8, 4) is 6.07 Å². The number of rotatable bonds is 3. The molecule has 0 bridgehead atoms. The predicted molar refractivity (Wildman–Crippen MR) is 65.2 cm³/mol. The van der Waals surface area contributed by atoms with E-state index in [-0.39, 0.29) is 24.3 Å². The second-order valence-corrected chi connectivity index (χ2v) is 3.67. The summed E-state index contributed by atoms with van der Waals surface area (Å²) in [6.45, 7) is 1.71. The zero-order chi connectivity index (χ0) is 15.2. The topological polar surface area (TPSA) is 62.4 Å². The van der Waals surface area contributed by atoms with Gasteiger partial charge >= 0.3 is 12.3 Å². The molecule has 0 atom stereocenters. The van der Waals surface area contributed by atoms with E-state index in [1.165, 1.54) is 0 Å². The fourth-order valence-corrected chi connectivity index (χ4v) is 1.40. The molecule has 0 aliphatic heterocycles. The van der Waals surface area contributed by atoms with Gasteiger partial charge in [0.2, 0.25) is 0 Å². The summed E-state index contributed by atoms with van der Waals surface area (Å²) in [5.74, 6) is 0. The average molecular weight is 284 g/mol. The zero-order valence-electron chi connectivity index (χ0n) is 10.6. The van der Waals surface area contributed by atoms with Crippen molar-refractivity contribution in [2.45, 2.75) is 19.5 Å². The monoisotopic (exact) mass is 284 g/mol. The molecule has 0 aliphatic rings. The summed E-state index contributed by atoms with van der Waals surface area (Å²) in [7, 11) is 0. The number of carbonyl (C=O) groups excluding carboxylic acids is 1. The number of alkyl halides is 3. The maximum atomic E-state index is 12.4. The molecule has 0 spiro atoms. The van der Waals surface area contributed by atoms with Crippen molar-refractivity contribution < 1.29 is 22.7 Å². The van der Waals surface area contributed by atoms with Crippen molar-refractivity contribution in [1.82, 2.24) is 0 Å². The molecule has 7 heteroatoms. The van der Waals surface area contributed by atoms with Crippen LogP contribution in [0.3, 0.4) is 0 Å². The molecule has 0 saturated heterocycles. The Hall–Kier alpha value is -2.36. The van der Waals surface area contributed by atoms with Gasteiger partial charge in [0.05, 0.1) is 30.4 Å². The predicted octanol–water partition coefficient (Wildman–Crippen LogP) is 3.56. The van der Waals surface area contributed by atoms with Gasteiger partial charge in [-0.3, -0.25) is 0 Å². The van der Waals surface area contributed by atoms with Crippen LogP contribution in [0.1, 0.15) is 24.5 Å². The highest BCUT2D eigenvalue weighted by Crippen LogP contribution is 2.29. The van der Waals surface area contributed by atoms with Crippen molar-refractivity contribution in [2.75, 3.05) is 6.61 Å². The van der Waals surface area contributed by atoms with E-state index in [0.717, 1.165) is 24.3 Å². The second kappa shape index (κ2) is 6.70. The number of hydrogen-bond acceptors (Lipinski definition) is 3. The Morgan fingerprint density at radius 3 is 2.40 bits per heavy atom. The van der Waals surface area contributed by atoms with E-state index >= 15 is 0 Å². The van der Waals surface area contributed by atoms with E-state index in [0.29, 0.717) is 0 Å². The molecule has 0 saturated carbocycles. The second-order valence-electron chi connectivity index (χ2n) is 3.67. The maximum absolute atomic E-state index is 12.4. The summed E-state index contributed by atoms with van der Waals surface area (Å²) < 4.78 is 41.9. The third kappa shape index (κ3) is 4.39. The van der Waals surface area contributed by atoms with Gasteiger partial charge < -0.3 is 4.74 Å². The summed E-state index contributed by atoms with van der Waals surface area (Å²) in [5.41, 5.74) is -0.471. The van der Waals surface area contributed by atoms with Gasteiger partial charge in [-0.05, 0) is 24.6 Å². The molecule has 1 rings (SSSR count). The zero-order valence-corrected chi connectivity index (χ0v) is 10.6. The van der Waals surface area contributed by atoms with E-state index in [4.69, 9.17) is 5.26 Å². The normalized spacial score (nSPS) is 11.8. The minimum Gasteiger partial charge on any atom is -0.448 e. The Morgan fingerprint density at radius 1 is 1.35 bits per heavy atom. The molecule has 1 aromatic carbocycles. The van der Waals surface area contributed by atoms with E-state index in [1.807, 2.05) is 0 Å². The van der Waals surface area contributed by atoms with Crippen molar-refractivity contribution in [2.24, 2.45) is 4.99 Å². The van der Waals surface area contributed by atoms with Crippen LogP contribution in [0.5, 0.6) is 0 Å². The first-order valence-corrected chi connectivity index (χ1v) is 5.67. The van der Waals surface area contributed by atoms with Gasteiger partial charge in [-0.1, -0.05) is 12.1 Å². The lowest BCUT2D eigenvalue weighted by atomic mass is 10.1. The van der Waals surface area contributed by atoms with Crippen LogP contribution in [-0.2, 0) is 10.9 Å². The molecule has 4 nitrogen and oxygen atoms in total. The fourth-order valence-electron chi connectivity index (χ4n) is 1.40. The maximum Gasteiger partial charge on any atom is 0.433 e. The molecule has 1 aromatic rings. The van der Waals surface area contributed by atoms with Gasteiger partial charge in [0.15, 0.2) is 0 Å². The van der Waals surface area contributed by atoms with Crippen LogP contribution in [0.2, 0.25) is 0 Å². The Bertz CT molecular complexity index is 542. The quantitative estimate of drug-likeness (QED) is 0.797. The van der Waals surface area contributed by atoms with Gasteiger partial charge in [0.1, 0.15) is 0 Å². The first-order chi connectivity index (χ1) is 9.38. The van der Waals surface area contributed by atoms with Crippen molar-refractivity contribution in [1.29, 1.82) is 5.26 Å². The Balaban J connectivity index is 3.05. The lowest BCUT2D eigenvalue weighted by Crippen LogP contribution is -2.08. The Morgan fingerprint density at radius 2 is 1.95 bits per heavy atom. The van der Waals surface area contributed by atoms with Crippen LogP contribution < -0.4 is 0 Å². The lowest BCUT2D eigenvalue weighted by Gasteiger charge is -2.08. The molecule has 0 unspecified atom stereocenters. The minimum absolute atomic E-state index is 0.0691. The number of halogens is 3. The van der Waals surface area contributed by atoms with E-state index in [2.05, 4.69) is 9.73 Å². The smallest absolute Gasteiger partial charge is 0.433 e. The molecule has 0 heterocycles. The van der Waals surface area contributed by atoms with E-state index in [1.54, 1.807) is 13.0 Å². The SMILES string of the molecule is CCOC(=O)N=C(CC#N)c1ccc(C(F)(F)F)cc1. The number of nitrogens with zero attached hydrogens (tertiary/aromatic N) is 2. The van der Waals surface area contributed by atoms with Crippen LogP contribution in [0.4, 0.5) is 18.0 Å². The third-order valence-electron chi connectivity index (χ3n) is 2.29.